The van der Waals surface area contributed by atoms with Gasteiger partial charge in [0.2, 0.25) is 5.91 Å². The van der Waals surface area contributed by atoms with E-state index in [-0.39, 0.29) is 11.8 Å². The monoisotopic (exact) mass is 335 g/mol. The van der Waals surface area contributed by atoms with E-state index in [2.05, 4.69) is 5.32 Å². The number of benzene rings is 2. The number of rotatable bonds is 2. The van der Waals surface area contributed by atoms with Crippen LogP contribution in [0.1, 0.15) is 11.1 Å². The molecule has 25 heavy (non-hydrogen) atoms. The van der Waals surface area contributed by atoms with Gasteiger partial charge in [0, 0.05) is 23.2 Å². The third kappa shape index (κ3) is 3.01. The van der Waals surface area contributed by atoms with Gasteiger partial charge in [-0.25, -0.2) is 4.79 Å². The van der Waals surface area contributed by atoms with Gasteiger partial charge < -0.3 is 14.5 Å². The van der Waals surface area contributed by atoms with Crippen LogP contribution in [0.3, 0.4) is 0 Å². The molecule has 2 aromatic carbocycles. The van der Waals surface area contributed by atoms with Crippen LogP contribution in [-0.4, -0.2) is 12.5 Å². The maximum absolute atomic E-state index is 12.6. The van der Waals surface area contributed by atoms with Crippen LogP contribution in [0.15, 0.2) is 57.7 Å². The van der Waals surface area contributed by atoms with Crippen molar-refractivity contribution in [1.82, 2.24) is 0 Å². The second-order valence-electron chi connectivity index (χ2n) is 6.27. The molecular weight excluding hydrogens is 318 g/mol. The molecule has 5 heteroatoms. The summed E-state index contributed by atoms with van der Waals surface area (Å²) >= 11 is 0. The van der Waals surface area contributed by atoms with E-state index in [1.54, 1.807) is 6.07 Å². The van der Waals surface area contributed by atoms with Crippen molar-refractivity contribution in [3.63, 3.8) is 0 Å². The van der Waals surface area contributed by atoms with Crippen molar-refractivity contribution in [3.8, 4) is 5.75 Å². The van der Waals surface area contributed by atoms with Gasteiger partial charge in [0.25, 0.3) is 0 Å². The Balaban J connectivity index is 1.55. The molecule has 0 saturated carbocycles. The first-order valence-electron chi connectivity index (χ1n) is 8.16. The molecule has 0 radical (unpaired) electrons. The zero-order valence-electron chi connectivity index (χ0n) is 13.7. The highest BCUT2D eigenvalue weighted by Gasteiger charge is 2.25. The van der Waals surface area contributed by atoms with Crippen molar-refractivity contribution in [3.05, 3.63) is 70.1 Å². The van der Waals surface area contributed by atoms with Crippen molar-refractivity contribution in [2.45, 2.75) is 13.3 Å². The Morgan fingerprint density at radius 2 is 2.00 bits per heavy atom. The van der Waals surface area contributed by atoms with Crippen LogP contribution in [0, 0.1) is 12.8 Å². The molecule has 5 nitrogen and oxygen atoms in total. The third-order valence-electron chi connectivity index (χ3n) is 4.47. The average molecular weight is 335 g/mol. The Morgan fingerprint density at radius 3 is 2.88 bits per heavy atom. The van der Waals surface area contributed by atoms with Crippen molar-refractivity contribution in [2.24, 2.45) is 5.92 Å². The number of nitrogens with one attached hydrogen (secondary N) is 1. The molecule has 0 fully saturated rings. The number of anilines is 1. The topological polar surface area (TPSA) is 68.5 Å². The van der Waals surface area contributed by atoms with Crippen LogP contribution in [0.5, 0.6) is 5.75 Å². The lowest BCUT2D eigenvalue weighted by molar-refractivity contribution is -0.121. The molecule has 0 aliphatic carbocycles. The predicted octanol–water partition coefficient (Wildman–Crippen LogP) is 3.29. The molecule has 3 aromatic rings. The molecule has 0 bridgehead atoms. The number of hydrogen-bond donors (Lipinski definition) is 1. The number of aryl methyl sites for hydroxylation is 1. The summed E-state index contributed by atoms with van der Waals surface area (Å²) in [5.74, 6) is 0.480. The number of amides is 1. The number of ether oxygens (including phenoxy) is 1. The van der Waals surface area contributed by atoms with Crippen LogP contribution in [0.2, 0.25) is 0 Å². The molecular formula is C20H17NO4. The molecule has 1 aromatic heterocycles. The lowest BCUT2D eigenvalue weighted by atomic mass is 9.96. The summed E-state index contributed by atoms with van der Waals surface area (Å²) in [6.07, 6.45) is 0.643. The SMILES string of the molecule is Cc1cc(=O)oc2cc(NC(=O)[C@H]3COc4ccccc4C3)ccc12. The second-order valence-corrected chi connectivity index (χ2v) is 6.27. The van der Waals surface area contributed by atoms with Crippen LogP contribution in [0.4, 0.5) is 5.69 Å². The summed E-state index contributed by atoms with van der Waals surface area (Å²) in [4.78, 5) is 24.1. The van der Waals surface area contributed by atoms with Crippen molar-refractivity contribution in [1.29, 1.82) is 0 Å². The number of carbonyl (C=O) groups excluding carboxylic acids is 1. The molecule has 4 rings (SSSR count). The first-order valence-corrected chi connectivity index (χ1v) is 8.16. The van der Waals surface area contributed by atoms with E-state index in [1.807, 2.05) is 43.3 Å². The highest BCUT2D eigenvalue weighted by molar-refractivity contribution is 5.95. The van der Waals surface area contributed by atoms with Gasteiger partial charge in [-0.15, -0.1) is 0 Å². The zero-order chi connectivity index (χ0) is 17.4. The van der Waals surface area contributed by atoms with Gasteiger partial charge in [-0.05, 0) is 42.7 Å². The van der Waals surface area contributed by atoms with Crippen LogP contribution >= 0.6 is 0 Å². The Hall–Kier alpha value is -3.08. The van der Waals surface area contributed by atoms with Crippen LogP contribution in [-0.2, 0) is 11.2 Å². The van der Waals surface area contributed by atoms with Crippen LogP contribution in [0.25, 0.3) is 11.0 Å². The van der Waals surface area contributed by atoms with Gasteiger partial charge in [-0.3, -0.25) is 4.79 Å². The molecule has 0 spiro atoms. The molecule has 1 aliphatic heterocycles. The molecule has 0 saturated heterocycles. The minimum absolute atomic E-state index is 0.108. The minimum Gasteiger partial charge on any atom is -0.492 e. The van der Waals surface area contributed by atoms with Gasteiger partial charge in [0.1, 0.15) is 17.9 Å². The lowest BCUT2D eigenvalue weighted by Crippen LogP contribution is -2.32. The minimum atomic E-state index is -0.397. The van der Waals surface area contributed by atoms with Crippen molar-refractivity contribution >= 4 is 22.6 Å². The fraction of sp³-hybridized carbons (Fsp3) is 0.200. The Morgan fingerprint density at radius 1 is 1.16 bits per heavy atom. The van der Waals surface area contributed by atoms with Gasteiger partial charge in [-0.2, -0.15) is 0 Å². The first kappa shape index (κ1) is 15.4. The molecule has 1 amide bonds. The van der Waals surface area contributed by atoms with E-state index >= 15 is 0 Å². The Labute approximate surface area is 144 Å². The highest BCUT2D eigenvalue weighted by Crippen LogP contribution is 2.28. The molecule has 1 aliphatic rings. The summed E-state index contributed by atoms with van der Waals surface area (Å²) in [7, 11) is 0. The normalized spacial score (nSPS) is 16.1. The van der Waals surface area contributed by atoms with Gasteiger partial charge in [-0.1, -0.05) is 18.2 Å². The first-order chi connectivity index (χ1) is 12.1. The van der Waals surface area contributed by atoms with E-state index < -0.39 is 5.63 Å². The lowest BCUT2D eigenvalue weighted by Gasteiger charge is -2.24. The average Bonchev–Trinajstić information content (AvgIpc) is 2.60. The standard InChI is InChI=1S/C20H17NO4/c1-12-8-19(22)25-18-10-15(6-7-16(12)18)21-20(23)14-9-13-4-2-3-5-17(13)24-11-14/h2-8,10,14H,9,11H2,1H3,(H,21,23)/t14-/m1/s1. The maximum atomic E-state index is 12.6. The quantitative estimate of drug-likeness (QED) is 0.730. The smallest absolute Gasteiger partial charge is 0.336 e. The van der Waals surface area contributed by atoms with Crippen molar-refractivity contribution in [2.75, 3.05) is 11.9 Å². The number of hydrogen-bond acceptors (Lipinski definition) is 4. The van der Waals surface area contributed by atoms with Crippen molar-refractivity contribution < 1.29 is 13.9 Å². The fourth-order valence-electron chi connectivity index (χ4n) is 3.14. The van der Waals surface area contributed by atoms with Crippen LogP contribution < -0.4 is 15.7 Å². The summed E-state index contributed by atoms with van der Waals surface area (Å²) in [5.41, 5.74) is 2.55. The van der Waals surface area contributed by atoms with E-state index in [4.69, 9.17) is 9.15 Å². The zero-order valence-corrected chi connectivity index (χ0v) is 13.7. The predicted molar refractivity (Wildman–Crippen MR) is 95.0 cm³/mol. The maximum Gasteiger partial charge on any atom is 0.336 e. The number of fused-ring (bicyclic) bond motifs is 2. The molecule has 2 heterocycles. The fourth-order valence-corrected chi connectivity index (χ4v) is 3.14. The Kier molecular flexibility index (Phi) is 3.76. The van der Waals surface area contributed by atoms with Gasteiger partial charge in [0.05, 0.1) is 5.92 Å². The summed E-state index contributed by atoms with van der Waals surface area (Å²) in [6, 6.07) is 14.5. The molecule has 126 valence electrons. The molecule has 1 N–H and O–H groups in total. The Bertz CT molecular complexity index is 1020. The summed E-state index contributed by atoms with van der Waals surface area (Å²) < 4.78 is 10.9. The summed E-state index contributed by atoms with van der Waals surface area (Å²) in [6.45, 7) is 2.21. The largest absolute Gasteiger partial charge is 0.492 e. The van der Waals surface area contributed by atoms with Gasteiger partial charge >= 0.3 is 5.63 Å². The summed E-state index contributed by atoms with van der Waals surface area (Å²) in [5, 5.41) is 3.75. The molecule has 0 unspecified atom stereocenters. The number of para-hydroxylation sites is 1. The third-order valence-corrected chi connectivity index (χ3v) is 4.47. The van der Waals surface area contributed by atoms with E-state index in [1.165, 1.54) is 6.07 Å². The van der Waals surface area contributed by atoms with E-state index in [9.17, 15) is 9.59 Å². The second kappa shape index (κ2) is 6.09. The molecule has 1 atom stereocenters. The van der Waals surface area contributed by atoms with Gasteiger partial charge in [0.15, 0.2) is 0 Å². The van der Waals surface area contributed by atoms with E-state index in [0.717, 1.165) is 22.3 Å². The highest BCUT2D eigenvalue weighted by atomic mass is 16.5. The number of carbonyl (C=O) groups is 1. The van der Waals surface area contributed by atoms with E-state index in [0.29, 0.717) is 24.3 Å².